The number of rotatable bonds is 2. The number of hydrogen-bond donors (Lipinski definition) is 2. The molecule has 1 aliphatic rings. The molecule has 0 spiro atoms. The number of ether oxygens (including phenoxy) is 1. The maximum atomic E-state index is 11.8. The summed E-state index contributed by atoms with van der Waals surface area (Å²) in [6, 6.07) is 13.1. The number of cyclic esters (lactones) is 1. The number of nitrogens with zero attached hydrogens (tertiary/aromatic N) is 1. The normalized spacial score (nSPS) is 15.9. The van der Waals surface area contributed by atoms with Gasteiger partial charge in [-0.05, 0) is 30.3 Å². The van der Waals surface area contributed by atoms with Crippen molar-refractivity contribution in [2.45, 2.75) is 0 Å². The highest BCUT2D eigenvalue weighted by atomic mass is 16.6. The van der Waals surface area contributed by atoms with Crippen LogP contribution in [0.3, 0.4) is 0 Å². The average Bonchev–Trinajstić information content (AvgIpc) is 2.84. The molecule has 0 aromatic heterocycles. The maximum Gasteiger partial charge on any atom is 0.363 e. The number of phenolic OH excluding ortho intramolecular Hbond substituents is 2. The van der Waals surface area contributed by atoms with Crippen LogP contribution >= 0.6 is 0 Å². The zero-order valence-corrected chi connectivity index (χ0v) is 10.9. The van der Waals surface area contributed by atoms with Gasteiger partial charge >= 0.3 is 5.97 Å². The molecule has 2 aromatic rings. The van der Waals surface area contributed by atoms with Gasteiger partial charge in [0.05, 0.1) is 0 Å². The fourth-order valence-corrected chi connectivity index (χ4v) is 1.91. The van der Waals surface area contributed by atoms with Crippen molar-refractivity contribution >= 4 is 17.9 Å². The number of esters is 1. The largest absolute Gasteiger partial charge is 0.508 e. The molecule has 104 valence electrons. The first-order chi connectivity index (χ1) is 10.1. The van der Waals surface area contributed by atoms with Gasteiger partial charge in [-0.2, -0.15) is 0 Å². The monoisotopic (exact) mass is 281 g/mol. The quantitative estimate of drug-likeness (QED) is 0.654. The van der Waals surface area contributed by atoms with Crippen LogP contribution in [0.15, 0.2) is 59.2 Å². The van der Waals surface area contributed by atoms with E-state index in [1.54, 1.807) is 12.1 Å². The Hall–Kier alpha value is -3.08. The van der Waals surface area contributed by atoms with Crippen molar-refractivity contribution in [2.24, 2.45) is 4.99 Å². The third-order valence-corrected chi connectivity index (χ3v) is 2.95. The van der Waals surface area contributed by atoms with E-state index in [9.17, 15) is 15.0 Å². The molecule has 21 heavy (non-hydrogen) atoms. The van der Waals surface area contributed by atoms with Gasteiger partial charge in [0.1, 0.15) is 11.5 Å². The van der Waals surface area contributed by atoms with Gasteiger partial charge in [0.15, 0.2) is 5.70 Å². The molecule has 5 heteroatoms. The summed E-state index contributed by atoms with van der Waals surface area (Å²) in [4.78, 5) is 15.9. The van der Waals surface area contributed by atoms with Crippen LogP contribution < -0.4 is 0 Å². The van der Waals surface area contributed by atoms with E-state index in [1.807, 2.05) is 18.2 Å². The summed E-state index contributed by atoms with van der Waals surface area (Å²) in [7, 11) is 0. The third-order valence-electron chi connectivity index (χ3n) is 2.95. The van der Waals surface area contributed by atoms with Crippen molar-refractivity contribution in [3.8, 4) is 11.5 Å². The molecule has 0 radical (unpaired) electrons. The summed E-state index contributed by atoms with van der Waals surface area (Å²) >= 11 is 0. The van der Waals surface area contributed by atoms with Crippen LogP contribution in [-0.2, 0) is 9.53 Å². The van der Waals surface area contributed by atoms with E-state index in [1.165, 1.54) is 24.3 Å². The second kappa shape index (κ2) is 5.13. The summed E-state index contributed by atoms with van der Waals surface area (Å²) in [6.07, 6.45) is 1.41. The Balaban J connectivity index is 1.97. The molecule has 5 nitrogen and oxygen atoms in total. The molecular formula is C16H11NO4. The molecule has 1 heterocycles. The Labute approximate surface area is 120 Å². The van der Waals surface area contributed by atoms with Crippen molar-refractivity contribution in [3.63, 3.8) is 0 Å². The van der Waals surface area contributed by atoms with E-state index in [0.29, 0.717) is 11.1 Å². The fraction of sp³-hybridized carbons (Fsp3) is 0. The predicted molar refractivity (Wildman–Crippen MR) is 76.8 cm³/mol. The number of benzene rings is 2. The molecule has 3 rings (SSSR count). The lowest BCUT2D eigenvalue weighted by Crippen LogP contribution is -2.04. The first-order valence-electron chi connectivity index (χ1n) is 6.23. The lowest BCUT2D eigenvalue weighted by atomic mass is 10.1. The summed E-state index contributed by atoms with van der Waals surface area (Å²) in [6.45, 7) is 0. The summed E-state index contributed by atoms with van der Waals surface area (Å²) in [5.74, 6) is -0.553. The molecule has 2 N–H and O–H groups in total. The van der Waals surface area contributed by atoms with Crippen LogP contribution in [0.25, 0.3) is 6.08 Å². The van der Waals surface area contributed by atoms with E-state index in [4.69, 9.17) is 4.74 Å². The minimum Gasteiger partial charge on any atom is -0.508 e. The van der Waals surface area contributed by atoms with E-state index >= 15 is 0 Å². The number of aromatic hydroxyl groups is 2. The van der Waals surface area contributed by atoms with Gasteiger partial charge in [-0.15, -0.1) is 0 Å². The summed E-state index contributed by atoms with van der Waals surface area (Å²) < 4.78 is 5.11. The average molecular weight is 281 g/mol. The molecule has 0 unspecified atom stereocenters. The highest BCUT2D eigenvalue weighted by Gasteiger charge is 2.24. The fourth-order valence-electron chi connectivity index (χ4n) is 1.91. The third kappa shape index (κ3) is 2.62. The number of hydrogen-bond acceptors (Lipinski definition) is 5. The van der Waals surface area contributed by atoms with Crippen molar-refractivity contribution < 1.29 is 19.7 Å². The van der Waals surface area contributed by atoms with Gasteiger partial charge in [0.25, 0.3) is 0 Å². The minimum atomic E-state index is -0.582. The van der Waals surface area contributed by atoms with Crippen molar-refractivity contribution in [1.82, 2.24) is 0 Å². The van der Waals surface area contributed by atoms with Gasteiger partial charge in [0.2, 0.25) is 5.90 Å². The van der Waals surface area contributed by atoms with Crippen LogP contribution in [0, 0.1) is 0 Å². The molecule has 0 aliphatic carbocycles. The second-order valence-corrected chi connectivity index (χ2v) is 4.45. The summed E-state index contributed by atoms with van der Waals surface area (Å²) in [5, 5.41) is 19.0. The molecule has 0 fully saturated rings. The zero-order valence-electron chi connectivity index (χ0n) is 10.9. The van der Waals surface area contributed by atoms with Gasteiger partial charge in [0, 0.05) is 17.2 Å². The van der Waals surface area contributed by atoms with E-state index < -0.39 is 5.97 Å². The van der Waals surface area contributed by atoms with Gasteiger partial charge in [-0.25, -0.2) is 9.79 Å². The number of aliphatic imine (C=N–C) groups is 1. The van der Waals surface area contributed by atoms with Gasteiger partial charge in [-0.3, -0.25) is 0 Å². The van der Waals surface area contributed by atoms with E-state index in [0.717, 1.165) is 0 Å². The van der Waals surface area contributed by atoms with Gasteiger partial charge in [-0.1, -0.05) is 18.2 Å². The molecule has 0 atom stereocenters. The Bertz CT molecular complexity index is 763. The smallest absolute Gasteiger partial charge is 0.363 e. The molecule has 2 aromatic carbocycles. The molecule has 0 saturated heterocycles. The minimum absolute atomic E-state index is 0.0582. The standard InChI is InChI=1S/C16H11NO4/c18-12-7-6-11(14(19)9-12)8-13-16(20)21-15(17-13)10-4-2-1-3-5-10/h1-9,18-19H. The highest BCUT2D eigenvalue weighted by Crippen LogP contribution is 2.26. The highest BCUT2D eigenvalue weighted by molar-refractivity contribution is 6.12. The van der Waals surface area contributed by atoms with E-state index in [-0.39, 0.29) is 23.1 Å². The second-order valence-electron chi connectivity index (χ2n) is 4.45. The Kier molecular flexibility index (Phi) is 3.16. The Morgan fingerprint density at radius 2 is 1.81 bits per heavy atom. The molecule has 0 amide bonds. The topological polar surface area (TPSA) is 79.1 Å². The van der Waals surface area contributed by atoms with Crippen molar-refractivity contribution in [2.75, 3.05) is 0 Å². The first kappa shape index (κ1) is 12.9. The molecule has 0 saturated carbocycles. The van der Waals surface area contributed by atoms with Crippen molar-refractivity contribution in [1.29, 1.82) is 0 Å². The van der Waals surface area contributed by atoms with Crippen LogP contribution in [0.5, 0.6) is 11.5 Å². The van der Waals surface area contributed by atoms with Crippen molar-refractivity contribution in [3.05, 3.63) is 65.4 Å². The first-order valence-corrected chi connectivity index (χ1v) is 6.23. The lowest BCUT2D eigenvalue weighted by molar-refractivity contribution is -0.129. The number of carbonyl (C=O) groups is 1. The SMILES string of the molecule is O=C1OC(c2ccccc2)=NC1=Cc1ccc(O)cc1O. The molecular weight excluding hydrogens is 270 g/mol. The van der Waals surface area contributed by atoms with Crippen LogP contribution in [0.4, 0.5) is 0 Å². The molecule has 0 bridgehead atoms. The van der Waals surface area contributed by atoms with Crippen LogP contribution in [0.2, 0.25) is 0 Å². The van der Waals surface area contributed by atoms with E-state index in [2.05, 4.69) is 4.99 Å². The number of carbonyl (C=O) groups excluding carboxylic acids is 1. The molecule has 1 aliphatic heterocycles. The predicted octanol–water partition coefficient (Wildman–Crippen LogP) is 2.44. The maximum absolute atomic E-state index is 11.8. The lowest BCUT2D eigenvalue weighted by Gasteiger charge is -1.99. The van der Waals surface area contributed by atoms with Gasteiger partial charge < -0.3 is 14.9 Å². The van der Waals surface area contributed by atoms with Crippen LogP contribution in [-0.4, -0.2) is 22.1 Å². The van der Waals surface area contributed by atoms with Crippen LogP contribution in [0.1, 0.15) is 11.1 Å². The zero-order chi connectivity index (χ0) is 14.8. The Morgan fingerprint density at radius 1 is 1.05 bits per heavy atom. The Morgan fingerprint density at radius 3 is 2.52 bits per heavy atom. The summed E-state index contributed by atoms with van der Waals surface area (Å²) in [5.41, 5.74) is 1.16. The number of phenols is 2.